The van der Waals surface area contributed by atoms with Gasteiger partial charge >= 0.3 is 0 Å². The van der Waals surface area contributed by atoms with Gasteiger partial charge in [-0.25, -0.2) is 121 Å². The molecule has 0 saturated heterocycles. The van der Waals surface area contributed by atoms with Crippen molar-refractivity contribution in [2.45, 2.75) is 30.9 Å². The number of nitrogens with two attached hydrogens (primary N) is 7. The third-order valence-electron chi connectivity index (χ3n) is 12.9. The molecule has 0 atom stereocenters. The molecule has 0 aliphatic carbocycles. The molecule has 0 amide bonds. The average Bonchev–Trinajstić information content (AvgIpc) is 0.831. The zero-order valence-electron chi connectivity index (χ0n) is 55.9. The van der Waals surface area contributed by atoms with E-state index in [-0.39, 0.29) is 60.2 Å². The van der Waals surface area contributed by atoms with Gasteiger partial charge in [-0.2, -0.15) is 4.98 Å². The lowest BCUT2D eigenvalue weighted by Gasteiger charge is -2.14. The summed E-state index contributed by atoms with van der Waals surface area (Å²) < 4.78 is 146. The van der Waals surface area contributed by atoms with Crippen molar-refractivity contribution < 1.29 is 56.3 Å². The number of aromatic nitrogens is 12. The van der Waals surface area contributed by atoms with Gasteiger partial charge in [0.25, 0.3) is 50.1 Å². The molecule has 37 nitrogen and oxygen atoms in total. The van der Waals surface area contributed by atoms with E-state index in [1.54, 1.807) is 57.9 Å². The molecule has 0 fully saturated rings. The molecule has 0 bridgehead atoms. The molecule has 0 spiro atoms. The molecule has 0 aliphatic rings. The largest absolute Gasteiger partial charge is 0.493 e. The molecular weight excluding hydrogens is 1470 g/mol. The summed E-state index contributed by atoms with van der Waals surface area (Å²) in [4.78, 5) is 46.3. The monoisotopic (exact) mass is 1540 g/mol. The highest BCUT2D eigenvalue weighted by Crippen LogP contribution is 2.39. The SMILES string of the molecule is COc1cc(Cc2cnc(N)nc2N)cc(OC)c1OC.Nc1ccc(S(=O)(=O)Nc2ncccn2)cc1.Nc1ccc(S(=O)(=O)Nc2ncccn2)cc1.Nc1ccc(S(=O)(=O)Nc2ncccn2)cc1.Nc1ccc(S(=O)(=O)Nc2ncccn2)cc1.Nc1ccc(S(=O)(=O)Nc2ncccn2)cc1. The Kier molecular flexibility index (Phi) is 28.2. The standard InChI is InChI=1S/C14H18N4O3.5C10H10N4O2S/c1-19-10-5-8(6-11(20-2)12(10)21-3)4-9-7-17-14(16)18-13(9)15;5*11-8-2-4-9(5-3-8)17(15,16)14-10-12-6-1-7-13-10/h5-7H,4H2,1-3H3,(H4,15,16,17,18);5*1-7H,11H2,(H,12,13,14). The number of anilines is 12. The van der Waals surface area contributed by atoms with E-state index in [9.17, 15) is 42.1 Å². The highest BCUT2D eigenvalue weighted by Gasteiger charge is 2.20. The van der Waals surface area contributed by atoms with Crippen LogP contribution < -0.4 is 78.0 Å². The first-order valence-corrected chi connectivity index (χ1v) is 37.3. The molecule has 0 aliphatic heterocycles. The summed E-state index contributed by atoms with van der Waals surface area (Å²) in [7, 11) is -13.6. The molecule has 0 saturated carbocycles. The lowest BCUT2D eigenvalue weighted by Crippen LogP contribution is -2.14. The number of methoxy groups -OCH3 is 3. The summed E-state index contributed by atoms with van der Waals surface area (Å²) in [5.41, 5.74) is 43.0. The number of ether oxygens (including phenoxy) is 3. The van der Waals surface area contributed by atoms with Crippen LogP contribution in [0.25, 0.3) is 0 Å². The van der Waals surface area contributed by atoms with Crippen molar-refractivity contribution in [3.63, 3.8) is 0 Å². The van der Waals surface area contributed by atoms with Crippen molar-refractivity contribution in [1.29, 1.82) is 0 Å². The second-order valence-corrected chi connectivity index (χ2v) is 29.0. The fourth-order valence-electron chi connectivity index (χ4n) is 7.92. The van der Waals surface area contributed by atoms with E-state index >= 15 is 0 Å². The highest BCUT2D eigenvalue weighted by atomic mass is 32.2. The number of nitrogens with one attached hydrogen (secondary N) is 5. The van der Waals surface area contributed by atoms with Gasteiger partial charge < -0.3 is 54.3 Å². The number of rotatable bonds is 20. The van der Waals surface area contributed by atoms with E-state index in [1.807, 2.05) is 12.1 Å². The smallest absolute Gasteiger partial charge is 0.264 e. The molecule has 12 rings (SSSR count). The van der Waals surface area contributed by atoms with Gasteiger partial charge in [-0.15, -0.1) is 0 Å². The molecule has 0 unspecified atom stereocenters. The fraction of sp³-hybridized carbons (Fsp3) is 0.0625. The molecule has 552 valence electrons. The fourth-order valence-corrected chi connectivity index (χ4v) is 12.7. The molecule has 106 heavy (non-hydrogen) atoms. The van der Waals surface area contributed by atoms with Crippen LogP contribution in [-0.2, 0) is 56.5 Å². The quantitative estimate of drug-likeness (QED) is 0.0416. The van der Waals surface area contributed by atoms with Crippen LogP contribution in [-0.4, -0.2) is 123 Å². The Labute approximate surface area is 608 Å². The van der Waals surface area contributed by atoms with Crippen LogP contribution in [0.4, 0.5) is 69.9 Å². The molecular formula is C64H68N24O13S5. The van der Waals surface area contributed by atoms with Crippen molar-refractivity contribution in [1.82, 2.24) is 59.8 Å². The van der Waals surface area contributed by atoms with Gasteiger partial charge in [-0.05, 0) is 169 Å². The summed E-state index contributed by atoms with van der Waals surface area (Å²) in [5, 5.41) is 0. The Morgan fingerprint density at radius 3 is 0.717 bits per heavy atom. The van der Waals surface area contributed by atoms with Crippen LogP contribution in [0.1, 0.15) is 11.1 Å². The second-order valence-electron chi connectivity index (χ2n) is 20.6. The van der Waals surface area contributed by atoms with E-state index in [2.05, 4.69) is 83.4 Å². The van der Waals surface area contributed by atoms with Gasteiger partial charge in [0, 0.05) is 109 Å². The zero-order valence-corrected chi connectivity index (χ0v) is 60.0. The lowest BCUT2D eigenvalue weighted by molar-refractivity contribution is 0.324. The van der Waals surface area contributed by atoms with Crippen molar-refractivity contribution in [2.24, 2.45) is 0 Å². The Bertz CT molecular complexity index is 4700. The van der Waals surface area contributed by atoms with Crippen molar-refractivity contribution in [2.75, 3.05) is 85.1 Å². The van der Waals surface area contributed by atoms with E-state index < -0.39 is 50.1 Å². The van der Waals surface area contributed by atoms with Crippen LogP contribution in [0.15, 0.2) is 256 Å². The predicted molar refractivity (Wildman–Crippen MR) is 398 cm³/mol. The predicted octanol–water partition coefficient (Wildman–Crippen LogP) is 5.56. The summed E-state index contributed by atoms with van der Waals surface area (Å²) >= 11 is 0. The van der Waals surface area contributed by atoms with Crippen molar-refractivity contribution >= 4 is 120 Å². The van der Waals surface area contributed by atoms with Crippen LogP contribution in [0.2, 0.25) is 0 Å². The molecule has 6 aromatic heterocycles. The number of nitrogen functional groups attached to an aromatic ring is 7. The van der Waals surface area contributed by atoms with Gasteiger partial charge in [0.05, 0.1) is 45.8 Å². The number of hydrogen-bond donors (Lipinski definition) is 12. The molecule has 12 aromatic rings. The maximum atomic E-state index is 11.9. The van der Waals surface area contributed by atoms with E-state index in [4.69, 9.17) is 54.3 Å². The minimum absolute atomic E-state index is 0.0318. The Morgan fingerprint density at radius 1 is 0.311 bits per heavy atom. The van der Waals surface area contributed by atoms with Gasteiger partial charge in [-0.1, -0.05) is 0 Å². The van der Waals surface area contributed by atoms with Gasteiger partial charge in [0.1, 0.15) is 5.82 Å². The average molecular weight is 1540 g/mol. The number of sulfonamides is 5. The first-order valence-electron chi connectivity index (χ1n) is 29.9. The van der Waals surface area contributed by atoms with Gasteiger partial charge in [0.2, 0.25) is 41.4 Å². The normalized spacial score (nSPS) is 10.9. The minimum Gasteiger partial charge on any atom is -0.493 e. The molecule has 6 heterocycles. The molecule has 42 heteroatoms. The number of nitrogens with zero attached hydrogens (tertiary/aromatic N) is 12. The maximum absolute atomic E-state index is 11.9. The van der Waals surface area contributed by atoms with E-state index in [0.29, 0.717) is 57.9 Å². The number of hydrogen-bond acceptors (Lipinski definition) is 32. The number of benzene rings is 6. The van der Waals surface area contributed by atoms with Gasteiger partial charge in [0.15, 0.2) is 11.5 Å². The Hall–Kier alpha value is -13.5. The van der Waals surface area contributed by atoms with Crippen molar-refractivity contribution in [3.05, 3.63) is 243 Å². The third-order valence-corrected chi connectivity index (χ3v) is 19.7. The minimum atomic E-state index is -3.66. The molecule has 19 N–H and O–H groups in total. The highest BCUT2D eigenvalue weighted by molar-refractivity contribution is 7.93. The topological polar surface area (TPSA) is 595 Å². The van der Waals surface area contributed by atoms with E-state index in [0.717, 1.165) is 11.1 Å². The summed E-state index contributed by atoms with van der Waals surface area (Å²) in [5.74, 6) is 2.39. The summed E-state index contributed by atoms with van der Waals surface area (Å²) in [6.45, 7) is 0. The maximum Gasteiger partial charge on any atom is 0.264 e. The molecule has 0 radical (unpaired) electrons. The van der Waals surface area contributed by atoms with E-state index in [1.165, 1.54) is 183 Å². The van der Waals surface area contributed by atoms with Crippen LogP contribution >= 0.6 is 0 Å². The summed E-state index contributed by atoms with van der Waals surface area (Å²) in [6, 6.07) is 41.0. The van der Waals surface area contributed by atoms with Crippen LogP contribution in [0.3, 0.4) is 0 Å². The summed E-state index contributed by atoms with van der Waals surface area (Å²) in [6.07, 6.45) is 16.7. The first-order chi connectivity index (χ1) is 50.5. The Morgan fingerprint density at radius 2 is 0.528 bits per heavy atom. The van der Waals surface area contributed by atoms with Gasteiger partial charge in [-0.3, -0.25) is 0 Å². The lowest BCUT2D eigenvalue weighted by atomic mass is 10.1. The third kappa shape index (κ3) is 25.0. The van der Waals surface area contributed by atoms with Crippen LogP contribution in [0, 0.1) is 0 Å². The van der Waals surface area contributed by atoms with Crippen LogP contribution in [0.5, 0.6) is 17.2 Å². The molecule has 6 aromatic carbocycles. The first kappa shape index (κ1) is 79.9. The zero-order chi connectivity index (χ0) is 76.9. The second kappa shape index (κ2) is 37.5. The Balaban J connectivity index is 0.000000178. The van der Waals surface area contributed by atoms with Crippen molar-refractivity contribution in [3.8, 4) is 17.2 Å².